The minimum atomic E-state index is 0.156. The zero-order chi connectivity index (χ0) is 15.5. The molecule has 1 amide bonds. The highest BCUT2D eigenvalue weighted by Crippen LogP contribution is 2.16. The van der Waals surface area contributed by atoms with Crippen LogP contribution in [0, 0.1) is 6.92 Å². The van der Waals surface area contributed by atoms with Gasteiger partial charge in [-0.2, -0.15) is 0 Å². The molecule has 7 heteroatoms. The Morgan fingerprint density at radius 2 is 1.86 bits per heavy atom. The summed E-state index contributed by atoms with van der Waals surface area (Å²) in [5, 5.41) is 7.85. The average Bonchev–Trinajstić information content (AvgIpc) is 2.96. The predicted molar refractivity (Wildman–Crippen MR) is 85.7 cm³/mol. The Morgan fingerprint density at radius 3 is 2.45 bits per heavy atom. The first-order chi connectivity index (χ1) is 10.6. The van der Waals surface area contributed by atoms with E-state index in [4.69, 9.17) is 4.42 Å². The van der Waals surface area contributed by atoms with Gasteiger partial charge in [0.1, 0.15) is 0 Å². The fourth-order valence-corrected chi connectivity index (χ4v) is 2.71. The first-order valence-corrected chi connectivity index (χ1v) is 7.98. The lowest BCUT2D eigenvalue weighted by Gasteiger charge is -2.33. The van der Waals surface area contributed by atoms with Gasteiger partial charge in [-0.25, -0.2) is 0 Å². The number of hydrogen-bond acceptors (Lipinski definition) is 5. The van der Waals surface area contributed by atoms with Gasteiger partial charge in [-0.05, 0) is 17.7 Å². The molecule has 3 rings (SSSR count). The lowest BCUT2D eigenvalue weighted by molar-refractivity contribution is -0.130. The summed E-state index contributed by atoms with van der Waals surface area (Å²) in [6.45, 7) is 4.56. The van der Waals surface area contributed by atoms with Gasteiger partial charge in [-0.15, -0.1) is 5.10 Å². The van der Waals surface area contributed by atoms with Crippen LogP contribution in [0.3, 0.4) is 0 Å². The van der Waals surface area contributed by atoms with Crippen molar-refractivity contribution >= 4 is 27.9 Å². The smallest absolute Gasteiger partial charge is 0.318 e. The molecule has 22 heavy (non-hydrogen) atoms. The number of benzene rings is 1. The van der Waals surface area contributed by atoms with Gasteiger partial charge in [-0.3, -0.25) is 4.79 Å². The summed E-state index contributed by atoms with van der Waals surface area (Å²) in [6.07, 6.45) is 0.437. The van der Waals surface area contributed by atoms with Crippen molar-refractivity contribution in [3.05, 3.63) is 40.2 Å². The maximum Gasteiger partial charge on any atom is 0.318 e. The van der Waals surface area contributed by atoms with Crippen LogP contribution in [-0.2, 0) is 11.2 Å². The maximum atomic E-state index is 12.3. The molecule has 0 bridgehead atoms. The van der Waals surface area contributed by atoms with Crippen LogP contribution in [0.15, 0.2) is 33.2 Å². The Kier molecular flexibility index (Phi) is 4.42. The fourth-order valence-electron chi connectivity index (χ4n) is 2.45. The van der Waals surface area contributed by atoms with Crippen molar-refractivity contribution in [1.29, 1.82) is 0 Å². The molecule has 1 aliphatic heterocycles. The second-order valence-electron chi connectivity index (χ2n) is 5.27. The van der Waals surface area contributed by atoms with E-state index >= 15 is 0 Å². The summed E-state index contributed by atoms with van der Waals surface area (Å²) >= 11 is 3.40. The number of nitrogens with zero attached hydrogens (tertiary/aromatic N) is 4. The van der Waals surface area contributed by atoms with E-state index in [1.54, 1.807) is 6.92 Å². The van der Waals surface area contributed by atoms with Gasteiger partial charge >= 0.3 is 6.01 Å². The standard InChI is InChI=1S/C15H17BrN4O2/c1-11-17-18-15(22-11)20-8-6-19(7-9-20)14(21)10-12-2-4-13(16)5-3-12/h2-5H,6-10H2,1H3. The normalized spacial score (nSPS) is 15.2. The molecule has 2 heterocycles. The van der Waals surface area contributed by atoms with Crippen LogP contribution >= 0.6 is 15.9 Å². The minimum Gasteiger partial charge on any atom is -0.408 e. The first kappa shape index (κ1) is 15.0. The summed E-state index contributed by atoms with van der Waals surface area (Å²) in [4.78, 5) is 16.3. The molecule has 0 unspecified atom stereocenters. The molecule has 1 aromatic carbocycles. The SMILES string of the molecule is Cc1nnc(N2CCN(C(=O)Cc3ccc(Br)cc3)CC2)o1. The number of rotatable bonds is 3. The van der Waals surface area contributed by atoms with Gasteiger partial charge in [0.25, 0.3) is 0 Å². The van der Waals surface area contributed by atoms with Crippen molar-refractivity contribution in [3.63, 3.8) is 0 Å². The molecule has 0 saturated carbocycles. The van der Waals surface area contributed by atoms with Crippen molar-refractivity contribution in [2.75, 3.05) is 31.1 Å². The number of carbonyl (C=O) groups excluding carboxylic acids is 1. The molecule has 1 saturated heterocycles. The summed E-state index contributed by atoms with van der Waals surface area (Å²) in [7, 11) is 0. The molecule has 1 aliphatic rings. The lowest BCUT2D eigenvalue weighted by Crippen LogP contribution is -2.49. The van der Waals surface area contributed by atoms with Crippen molar-refractivity contribution in [2.24, 2.45) is 0 Å². The van der Waals surface area contributed by atoms with E-state index in [0.717, 1.165) is 10.0 Å². The highest BCUT2D eigenvalue weighted by atomic mass is 79.9. The molecular formula is C15H17BrN4O2. The van der Waals surface area contributed by atoms with Gasteiger partial charge in [0.15, 0.2) is 0 Å². The molecule has 0 spiro atoms. The van der Waals surface area contributed by atoms with Gasteiger partial charge in [0.05, 0.1) is 6.42 Å². The van der Waals surface area contributed by atoms with E-state index < -0.39 is 0 Å². The third-order valence-electron chi connectivity index (χ3n) is 3.69. The lowest BCUT2D eigenvalue weighted by atomic mass is 10.1. The van der Waals surface area contributed by atoms with Crippen LogP contribution in [0.1, 0.15) is 11.5 Å². The molecule has 0 radical (unpaired) electrons. The second-order valence-corrected chi connectivity index (χ2v) is 6.19. The number of hydrogen-bond donors (Lipinski definition) is 0. The van der Waals surface area contributed by atoms with Crippen molar-refractivity contribution in [1.82, 2.24) is 15.1 Å². The number of aryl methyl sites for hydroxylation is 1. The predicted octanol–water partition coefficient (Wildman–Crippen LogP) is 2.03. The monoisotopic (exact) mass is 364 g/mol. The summed E-state index contributed by atoms with van der Waals surface area (Å²) < 4.78 is 6.44. The number of anilines is 1. The Bertz CT molecular complexity index is 648. The Labute approximate surface area is 137 Å². The molecule has 1 aromatic heterocycles. The van der Waals surface area contributed by atoms with Gasteiger partial charge in [-0.1, -0.05) is 33.2 Å². The van der Waals surface area contributed by atoms with Crippen LogP contribution in [0.25, 0.3) is 0 Å². The highest BCUT2D eigenvalue weighted by Gasteiger charge is 2.23. The van der Waals surface area contributed by atoms with Crippen LogP contribution in [0.5, 0.6) is 0 Å². The topological polar surface area (TPSA) is 62.5 Å². The van der Waals surface area contributed by atoms with Crippen LogP contribution in [-0.4, -0.2) is 47.2 Å². The summed E-state index contributed by atoms with van der Waals surface area (Å²) in [6, 6.07) is 8.40. The Morgan fingerprint density at radius 1 is 1.18 bits per heavy atom. The third kappa shape index (κ3) is 3.47. The van der Waals surface area contributed by atoms with E-state index in [1.165, 1.54) is 0 Å². The molecule has 2 aromatic rings. The van der Waals surface area contributed by atoms with E-state index in [2.05, 4.69) is 26.1 Å². The fraction of sp³-hybridized carbons (Fsp3) is 0.400. The number of piperazine rings is 1. The van der Waals surface area contributed by atoms with Crippen LogP contribution < -0.4 is 4.90 Å². The third-order valence-corrected chi connectivity index (χ3v) is 4.22. The first-order valence-electron chi connectivity index (χ1n) is 7.19. The molecule has 0 atom stereocenters. The van der Waals surface area contributed by atoms with Crippen LogP contribution in [0.4, 0.5) is 6.01 Å². The van der Waals surface area contributed by atoms with E-state index in [-0.39, 0.29) is 5.91 Å². The van der Waals surface area contributed by atoms with Crippen molar-refractivity contribution < 1.29 is 9.21 Å². The molecule has 1 fully saturated rings. The van der Waals surface area contributed by atoms with Crippen molar-refractivity contribution in [2.45, 2.75) is 13.3 Å². The molecular weight excluding hydrogens is 348 g/mol. The number of halogens is 1. The van der Waals surface area contributed by atoms with Gasteiger partial charge < -0.3 is 14.2 Å². The summed E-state index contributed by atoms with van der Waals surface area (Å²) in [5.41, 5.74) is 1.03. The van der Waals surface area contributed by atoms with E-state index in [9.17, 15) is 4.79 Å². The highest BCUT2D eigenvalue weighted by molar-refractivity contribution is 9.10. The minimum absolute atomic E-state index is 0.156. The zero-order valence-electron chi connectivity index (χ0n) is 12.3. The van der Waals surface area contributed by atoms with Crippen molar-refractivity contribution in [3.8, 4) is 0 Å². The van der Waals surface area contributed by atoms with Crippen LogP contribution in [0.2, 0.25) is 0 Å². The largest absolute Gasteiger partial charge is 0.408 e. The maximum absolute atomic E-state index is 12.3. The molecule has 6 nitrogen and oxygen atoms in total. The van der Waals surface area contributed by atoms with E-state index in [1.807, 2.05) is 34.1 Å². The second kappa shape index (κ2) is 6.48. The molecule has 116 valence electrons. The zero-order valence-corrected chi connectivity index (χ0v) is 13.9. The Hall–Kier alpha value is -1.89. The average molecular weight is 365 g/mol. The number of carbonyl (C=O) groups is 1. The Balaban J connectivity index is 1.54. The molecule has 0 aliphatic carbocycles. The number of aromatic nitrogens is 2. The summed E-state index contributed by atoms with van der Waals surface area (Å²) in [5.74, 6) is 0.715. The number of amides is 1. The van der Waals surface area contributed by atoms with Gasteiger partial charge in [0, 0.05) is 37.6 Å². The molecule has 0 N–H and O–H groups in total. The van der Waals surface area contributed by atoms with E-state index in [0.29, 0.717) is 44.5 Å². The van der Waals surface area contributed by atoms with Gasteiger partial charge in [0.2, 0.25) is 11.8 Å². The quantitative estimate of drug-likeness (QED) is 0.833.